The highest BCUT2D eigenvalue weighted by Crippen LogP contribution is 2.18. The third kappa shape index (κ3) is 4.54. The number of rotatable bonds is 4. The van der Waals surface area contributed by atoms with E-state index in [4.69, 9.17) is 4.74 Å². The summed E-state index contributed by atoms with van der Waals surface area (Å²) in [5.41, 5.74) is 0.915. The lowest BCUT2D eigenvalue weighted by molar-refractivity contribution is -0.129. The van der Waals surface area contributed by atoms with Crippen LogP contribution in [0.25, 0.3) is 11.4 Å². The lowest BCUT2D eigenvalue weighted by Crippen LogP contribution is -2.55. The van der Waals surface area contributed by atoms with E-state index in [2.05, 4.69) is 41.7 Å². The Labute approximate surface area is 154 Å². The van der Waals surface area contributed by atoms with Crippen molar-refractivity contribution in [2.75, 3.05) is 13.2 Å². The third-order valence-electron chi connectivity index (χ3n) is 3.66. The zero-order valence-corrected chi connectivity index (χ0v) is 15.5. The van der Waals surface area contributed by atoms with Gasteiger partial charge in [0.05, 0.1) is 19.3 Å². The summed E-state index contributed by atoms with van der Waals surface area (Å²) in [6.45, 7) is 3.49. The lowest BCUT2D eigenvalue weighted by atomic mass is 10.1. The van der Waals surface area contributed by atoms with Crippen molar-refractivity contribution < 1.29 is 9.53 Å². The van der Waals surface area contributed by atoms with Crippen LogP contribution in [0.3, 0.4) is 0 Å². The van der Waals surface area contributed by atoms with Crippen molar-refractivity contribution in [2.45, 2.75) is 25.6 Å². The first kappa shape index (κ1) is 18.9. The molecule has 1 aliphatic heterocycles. The van der Waals surface area contributed by atoms with Crippen molar-refractivity contribution in [3.63, 3.8) is 0 Å². The number of aromatic amines is 1. The van der Waals surface area contributed by atoms with Crippen molar-refractivity contribution in [1.82, 2.24) is 25.8 Å². The summed E-state index contributed by atoms with van der Waals surface area (Å²) in [5, 5.41) is 13.0. The smallest absolute Gasteiger partial charge is 0.240 e. The van der Waals surface area contributed by atoms with Crippen LogP contribution in [0.2, 0.25) is 0 Å². The Balaban J connectivity index is 0.00000208. The first-order valence-electron chi connectivity index (χ1n) is 7.43. The Kier molecular flexibility index (Phi) is 6.73. The highest BCUT2D eigenvalue weighted by molar-refractivity contribution is 9.10. The van der Waals surface area contributed by atoms with Gasteiger partial charge in [-0.15, -0.1) is 12.4 Å². The van der Waals surface area contributed by atoms with Gasteiger partial charge in [-0.2, -0.15) is 5.10 Å². The van der Waals surface area contributed by atoms with Crippen molar-refractivity contribution in [3.8, 4) is 11.4 Å². The van der Waals surface area contributed by atoms with Gasteiger partial charge in [-0.1, -0.05) is 28.1 Å². The van der Waals surface area contributed by atoms with E-state index in [1.807, 2.05) is 31.2 Å². The molecule has 0 unspecified atom stereocenters. The van der Waals surface area contributed by atoms with Gasteiger partial charge in [0.25, 0.3) is 0 Å². The molecule has 0 radical (unpaired) electrons. The number of aromatic nitrogens is 3. The third-order valence-corrected chi connectivity index (χ3v) is 4.19. The van der Waals surface area contributed by atoms with Gasteiger partial charge in [0, 0.05) is 16.6 Å². The number of carbonyl (C=O) groups excluding carboxylic acids is 1. The first-order chi connectivity index (χ1) is 11.1. The van der Waals surface area contributed by atoms with Crippen LogP contribution in [0.4, 0.5) is 0 Å². The monoisotopic (exact) mass is 415 g/mol. The molecule has 1 amide bonds. The molecule has 0 spiro atoms. The summed E-state index contributed by atoms with van der Waals surface area (Å²) in [6.07, 6.45) is -0.142. The Morgan fingerprint density at radius 3 is 2.88 bits per heavy atom. The van der Waals surface area contributed by atoms with Gasteiger partial charge < -0.3 is 15.4 Å². The fraction of sp³-hybridized carbons (Fsp3) is 0.400. The van der Waals surface area contributed by atoms with E-state index in [-0.39, 0.29) is 30.5 Å². The van der Waals surface area contributed by atoms with Crippen LogP contribution in [0.15, 0.2) is 28.7 Å². The van der Waals surface area contributed by atoms with Gasteiger partial charge in [-0.3, -0.25) is 9.89 Å². The van der Waals surface area contributed by atoms with Gasteiger partial charge in [0.15, 0.2) is 5.82 Å². The second kappa shape index (κ2) is 8.57. The van der Waals surface area contributed by atoms with Gasteiger partial charge in [-0.05, 0) is 19.1 Å². The van der Waals surface area contributed by atoms with E-state index in [9.17, 15) is 4.79 Å². The molecular formula is C15H19BrClN5O2. The maximum absolute atomic E-state index is 12.2. The van der Waals surface area contributed by atoms with E-state index < -0.39 is 0 Å². The van der Waals surface area contributed by atoms with Gasteiger partial charge >= 0.3 is 0 Å². The van der Waals surface area contributed by atoms with Crippen molar-refractivity contribution in [1.29, 1.82) is 0 Å². The molecule has 2 aromatic rings. The fourth-order valence-corrected chi connectivity index (χ4v) is 2.67. The van der Waals surface area contributed by atoms with E-state index >= 15 is 0 Å². The number of nitrogens with one attached hydrogen (secondary N) is 3. The van der Waals surface area contributed by atoms with Crippen LogP contribution < -0.4 is 10.6 Å². The lowest BCUT2D eigenvalue weighted by Gasteiger charge is -2.29. The molecule has 1 saturated heterocycles. The predicted molar refractivity (Wildman–Crippen MR) is 95.8 cm³/mol. The molecule has 1 fully saturated rings. The zero-order valence-electron chi connectivity index (χ0n) is 13.1. The van der Waals surface area contributed by atoms with Gasteiger partial charge in [0.2, 0.25) is 5.91 Å². The second-order valence-electron chi connectivity index (χ2n) is 5.34. The number of amides is 1. The summed E-state index contributed by atoms with van der Waals surface area (Å²) < 4.78 is 6.47. The van der Waals surface area contributed by atoms with E-state index in [1.165, 1.54) is 0 Å². The largest absolute Gasteiger partial charge is 0.375 e. The second-order valence-corrected chi connectivity index (χ2v) is 6.25. The molecule has 2 heterocycles. The SMILES string of the molecule is C[C@H]1OCCN[C@@H]1C(=O)NCc1nc(-c2ccc(Br)cc2)n[nH]1.Cl. The Morgan fingerprint density at radius 1 is 1.42 bits per heavy atom. The number of H-pyrrole nitrogens is 1. The van der Waals surface area contributed by atoms with Crippen LogP contribution in [-0.4, -0.2) is 46.4 Å². The summed E-state index contributed by atoms with van der Waals surface area (Å²) in [5.74, 6) is 1.12. The topological polar surface area (TPSA) is 91.9 Å². The number of morpholine rings is 1. The van der Waals surface area contributed by atoms with E-state index in [1.54, 1.807) is 0 Å². The molecule has 0 saturated carbocycles. The fourth-order valence-electron chi connectivity index (χ4n) is 2.41. The normalized spacial score (nSPS) is 20.2. The standard InChI is InChI=1S/C15H18BrN5O2.ClH/c1-9-13(17-6-7-23-9)15(22)18-8-12-19-14(21-20-12)10-2-4-11(16)5-3-10;/h2-5,9,13,17H,6-8H2,1H3,(H,18,22)(H,19,20,21);1H/t9-,13+;/m1./s1. The highest BCUT2D eigenvalue weighted by Gasteiger charge is 2.28. The number of benzene rings is 1. The van der Waals surface area contributed by atoms with Crippen molar-refractivity contribution >= 4 is 34.2 Å². The zero-order chi connectivity index (χ0) is 16.2. The molecule has 2 atom stereocenters. The molecule has 130 valence electrons. The number of nitrogens with zero attached hydrogens (tertiary/aromatic N) is 2. The molecule has 1 aromatic carbocycles. The van der Waals surface area contributed by atoms with Crippen LogP contribution in [-0.2, 0) is 16.1 Å². The summed E-state index contributed by atoms with van der Waals surface area (Å²) >= 11 is 3.39. The molecule has 9 heteroatoms. The molecule has 1 aliphatic rings. The van der Waals surface area contributed by atoms with Crippen LogP contribution in [0.5, 0.6) is 0 Å². The average Bonchev–Trinajstić information content (AvgIpc) is 3.03. The molecule has 3 N–H and O–H groups in total. The molecule has 3 rings (SSSR count). The molecule has 1 aromatic heterocycles. The Hall–Kier alpha value is -1.48. The Bertz CT molecular complexity index is 679. The van der Waals surface area contributed by atoms with Crippen molar-refractivity contribution in [2.24, 2.45) is 0 Å². The van der Waals surface area contributed by atoms with E-state index in [0.717, 1.165) is 10.0 Å². The van der Waals surface area contributed by atoms with E-state index in [0.29, 0.717) is 31.3 Å². The summed E-state index contributed by atoms with van der Waals surface area (Å²) in [7, 11) is 0. The quantitative estimate of drug-likeness (QED) is 0.705. The summed E-state index contributed by atoms with van der Waals surface area (Å²) in [4.78, 5) is 16.6. The molecule has 0 bridgehead atoms. The van der Waals surface area contributed by atoms with Crippen LogP contribution >= 0.6 is 28.3 Å². The van der Waals surface area contributed by atoms with Gasteiger partial charge in [0.1, 0.15) is 11.9 Å². The first-order valence-corrected chi connectivity index (χ1v) is 8.22. The predicted octanol–water partition coefficient (Wildman–Crippen LogP) is 1.65. The number of hydrogen-bond donors (Lipinski definition) is 3. The number of ether oxygens (including phenoxy) is 1. The highest BCUT2D eigenvalue weighted by atomic mass is 79.9. The Morgan fingerprint density at radius 2 is 2.17 bits per heavy atom. The molecule has 7 nitrogen and oxygen atoms in total. The molecular weight excluding hydrogens is 398 g/mol. The summed E-state index contributed by atoms with van der Waals surface area (Å²) in [6, 6.07) is 7.39. The van der Waals surface area contributed by atoms with Crippen molar-refractivity contribution in [3.05, 3.63) is 34.6 Å². The van der Waals surface area contributed by atoms with Gasteiger partial charge in [-0.25, -0.2) is 4.98 Å². The molecule has 24 heavy (non-hydrogen) atoms. The minimum absolute atomic E-state index is 0. The number of carbonyl (C=O) groups is 1. The maximum Gasteiger partial charge on any atom is 0.240 e. The number of halogens is 2. The molecule has 0 aliphatic carbocycles. The minimum atomic E-state index is -0.336. The van der Waals surface area contributed by atoms with Crippen LogP contribution in [0, 0.1) is 0 Å². The minimum Gasteiger partial charge on any atom is -0.375 e. The number of hydrogen-bond acceptors (Lipinski definition) is 5. The maximum atomic E-state index is 12.2. The van der Waals surface area contributed by atoms with Crippen LogP contribution in [0.1, 0.15) is 12.7 Å². The average molecular weight is 417 g/mol.